The Morgan fingerprint density at radius 1 is 1.47 bits per heavy atom. The molecule has 0 bridgehead atoms. The molecule has 0 spiro atoms. The highest BCUT2D eigenvalue weighted by molar-refractivity contribution is 5.78. The van der Waals surface area contributed by atoms with E-state index in [2.05, 4.69) is 36.3 Å². The van der Waals surface area contributed by atoms with Crippen molar-refractivity contribution in [2.45, 2.75) is 45.2 Å². The Balaban J connectivity index is 2.39. The summed E-state index contributed by atoms with van der Waals surface area (Å²) in [5, 5.41) is 6.46. The second kappa shape index (κ2) is 5.83. The van der Waals surface area contributed by atoms with E-state index in [0.29, 0.717) is 12.6 Å². The number of nitrogens with zero attached hydrogens (tertiary/aromatic N) is 1. The summed E-state index contributed by atoms with van der Waals surface area (Å²) in [4.78, 5) is 14.2. The van der Waals surface area contributed by atoms with Crippen molar-refractivity contribution in [3.63, 3.8) is 0 Å². The van der Waals surface area contributed by atoms with Gasteiger partial charge in [0.25, 0.3) is 0 Å². The van der Waals surface area contributed by atoms with Crippen LogP contribution in [0.4, 0.5) is 0 Å². The Labute approximate surface area is 105 Å². The molecule has 1 aliphatic rings. The number of likely N-dealkylation sites (N-methyl/N-ethyl adjacent to an activating group) is 1. The largest absolute Gasteiger partial charge is 0.354 e. The van der Waals surface area contributed by atoms with Crippen LogP contribution in [-0.2, 0) is 4.79 Å². The molecule has 2 atom stereocenters. The first-order valence-electron chi connectivity index (χ1n) is 6.51. The van der Waals surface area contributed by atoms with Crippen molar-refractivity contribution < 1.29 is 4.79 Å². The monoisotopic (exact) mass is 241 g/mol. The van der Waals surface area contributed by atoms with Gasteiger partial charge in [-0.3, -0.25) is 4.79 Å². The van der Waals surface area contributed by atoms with Gasteiger partial charge >= 0.3 is 0 Å². The zero-order valence-electron chi connectivity index (χ0n) is 11.8. The molecule has 17 heavy (non-hydrogen) atoms. The predicted octanol–water partition coefficient (Wildman–Crippen LogP) is 0.831. The van der Waals surface area contributed by atoms with Crippen LogP contribution in [0.15, 0.2) is 0 Å². The third-order valence-electron chi connectivity index (χ3n) is 3.90. The van der Waals surface area contributed by atoms with Crippen LogP contribution in [-0.4, -0.2) is 49.6 Å². The molecule has 4 nitrogen and oxygen atoms in total. The molecule has 2 N–H and O–H groups in total. The van der Waals surface area contributed by atoms with Crippen molar-refractivity contribution >= 4 is 5.91 Å². The van der Waals surface area contributed by atoms with E-state index in [1.807, 2.05) is 14.1 Å². The fourth-order valence-corrected chi connectivity index (χ4v) is 1.98. The molecular formula is C13H27N3O. The fourth-order valence-electron chi connectivity index (χ4n) is 1.98. The fraction of sp³-hybridized carbons (Fsp3) is 0.923. The molecule has 1 aliphatic heterocycles. The van der Waals surface area contributed by atoms with E-state index in [9.17, 15) is 4.79 Å². The molecule has 100 valence electrons. The first kappa shape index (κ1) is 14.5. The van der Waals surface area contributed by atoms with Crippen LogP contribution in [0.5, 0.6) is 0 Å². The van der Waals surface area contributed by atoms with Gasteiger partial charge in [0.1, 0.15) is 0 Å². The lowest BCUT2D eigenvalue weighted by molar-refractivity contribution is -0.126. The molecule has 1 fully saturated rings. The van der Waals surface area contributed by atoms with Crippen molar-refractivity contribution in [2.24, 2.45) is 5.92 Å². The van der Waals surface area contributed by atoms with Gasteiger partial charge in [-0.05, 0) is 54.3 Å². The second-order valence-electron chi connectivity index (χ2n) is 6.00. The van der Waals surface area contributed by atoms with E-state index in [4.69, 9.17) is 0 Å². The number of rotatable bonds is 4. The molecule has 4 heteroatoms. The van der Waals surface area contributed by atoms with Gasteiger partial charge in [-0.25, -0.2) is 0 Å². The number of carbonyl (C=O) groups is 1. The van der Waals surface area contributed by atoms with E-state index in [1.165, 1.54) is 0 Å². The van der Waals surface area contributed by atoms with Gasteiger partial charge < -0.3 is 15.5 Å². The maximum absolute atomic E-state index is 12.1. The SMILES string of the molecule is CC1CC(C(=O)NCC(C)(C)N(C)C)CCN1. The van der Waals surface area contributed by atoms with Crippen LogP contribution in [0.3, 0.4) is 0 Å². The Morgan fingerprint density at radius 2 is 2.12 bits per heavy atom. The average molecular weight is 241 g/mol. The van der Waals surface area contributed by atoms with Gasteiger partial charge in [-0.15, -0.1) is 0 Å². The minimum Gasteiger partial charge on any atom is -0.354 e. The van der Waals surface area contributed by atoms with Crippen LogP contribution < -0.4 is 10.6 Å². The smallest absolute Gasteiger partial charge is 0.223 e. The van der Waals surface area contributed by atoms with E-state index in [0.717, 1.165) is 19.4 Å². The maximum Gasteiger partial charge on any atom is 0.223 e. The maximum atomic E-state index is 12.1. The van der Waals surface area contributed by atoms with E-state index in [-0.39, 0.29) is 17.4 Å². The molecule has 1 rings (SSSR count). The zero-order valence-corrected chi connectivity index (χ0v) is 11.8. The molecule has 1 amide bonds. The number of hydrogen-bond donors (Lipinski definition) is 2. The van der Waals surface area contributed by atoms with Crippen LogP contribution in [0.25, 0.3) is 0 Å². The molecule has 0 aromatic heterocycles. The quantitative estimate of drug-likeness (QED) is 0.766. The highest BCUT2D eigenvalue weighted by atomic mass is 16.1. The first-order valence-corrected chi connectivity index (χ1v) is 6.51. The summed E-state index contributed by atoms with van der Waals surface area (Å²) in [6.07, 6.45) is 1.91. The topological polar surface area (TPSA) is 44.4 Å². The van der Waals surface area contributed by atoms with Gasteiger partial charge in [0.05, 0.1) is 0 Å². The van der Waals surface area contributed by atoms with Crippen LogP contribution >= 0.6 is 0 Å². The Hall–Kier alpha value is -0.610. The minimum atomic E-state index is 0.00813. The number of piperidine rings is 1. The molecule has 0 aromatic carbocycles. The highest BCUT2D eigenvalue weighted by Gasteiger charge is 2.27. The summed E-state index contributed by atoms with van der Waals surface area (Å²) in [5.74, 6) is 0.400. The Kier molecular flexibility index (Phi) is 4.95. The van der Waals surface area contributed by atoms with Crippen LogP contribution in [0.1, 0.15) is 33.6 Å². The molecular weight excluding hydrogens is 214 g/mol. The lowest BCUT2D eigenvalue weighted by Crippen LogP contribution is -2.50. The molecule has 0 aliphatic carbocycles. The standard InChI is InChI=1S/C13H27N3O/c1-10-8-11(6-7-14-10)12(17)15-9-13(2,3)16(4)5/h10-11,14H,6-9H2,1-5H3,(H,15,17). The van der Waals surface area contributed by atoms with Gasteiger partial charge in [0, 0.05) is 24.0 Å². The van der Waals surface area contributed by atoms with Gasteiger partial charge in [0.2, 0.25) is 5.91 Å². The van der Waals surface area contributed by atoms with Crippen molar-refractivity contribution in [1.82, 2.24) is 15.5 Å². The normalized spacial score (nSPS) is 26.0. The summed E-state index contributed by atoms with van der Waals surface area (Å²) < 4.78 is 0. The van der Waals surface area contributed by atoms with Crippen molar-refractivity contribution in [1.29, 1.82) is 0 Å². The molecule has 1 saturated heterocycles. The van der Waals surface area contributed by atoms with Crippen molar-refractivity contribution in [3.8, 4) is 0 Å². The lowest BCUT2D eigenvalue weighted by atomic mass is 9.92. The predicted molar refractivity (Wildman–Crippen MR) is 71.0 cm³/mol. The molecule has 0 radical (unpaired) electrons. The van der Waals surface area contributed by atoms with E-state index < -0.39 is 0 Å². The Morgan fingerprint density at radius 3 is 2.65 bits per heavy atom. The van der Waals surface area contributed by atoms with Gasteiger partial charge in [-0.2, -0.15) is 0 Å². The second-order valence-corrected chi connectivity index (χ2v) is 6.00. The first-order chi connectivity index (χ1) is 7.83. The summed E-state index contributed by atoms with van der Waals surface area (Å²) >= 11 is 0. The number of amides is 1. The lowest BCUT2D eigenvalue weighted by Gasteiger charge is -2.34. The van der Waals surface area contributed by atoms with Crippen molar-refractivity contribution in [2.75, 3.05) is 27.2 Å². The van der Waals surface area contributed by atoms with Crippen LogP contribution in [0.2, 0.25) is 0 Å². The summed E-state index contributed by atoms with van der Waals surface area (Å²) in [6.45, 7) is 8.08. The molecule has 2 unspecified atom stereocenters. The number of nitrogens with one attached hydrogen (secondary N) is 2. The third-order valence-corrected chi connectivity index (χ3v) is 3.90. The number of hydrogen-bond acceptors (Lipinski definition) is 3. The minimum absolute atomic E-state index is 0.00813. The number of carbonyl (C=O) groups excluding carboxylic acids is 1. The zero-order chi connectivity index (χ0) is 13.1. The molecule has 1 heterocycles. The van der Waals surface area contributed by atoms with Crippen LogP contribution in [0, 0.1) is 5.92 Å². The summed E-state index contributed by atoms with van der Waals surface area (Å²) in [6, 6.07) is 0.460. The summed E-state index contributed by atoms with van der Waals surface area (Å²) in [5.41, 5.74) is 0.00813. The molecule has 0 saturated carbocycles. The van der Waals surface area contributed by atoms with E-state index in [1.54, 1.807) is 0 Å². The van der Waals surface area contributed by atoms with Gasteiger partial charge in [-0.1, -0.05) is 0 Å². The van der Waals surface area contributed by atoms with E-state index >= 15 is 0 Å². The third kappa shape index (κ3) is 4.28. The Bertz CT molecular complexity index is 263. The van der Waals surface area contributed by atoms with Gasteiger partial charge in [0.15, 0.2) is 0 Å². The van der Waals surface area contributed by atoms with Crippen molar-refractivity contribution in [3.05, 3.63) is 0 Å². The average Bonchev–Trinajstić information content (AvgIpc) is 2.25. The summed E-state index contributed by atoms with van der Waals surface area (Å²) in [7, 11) is 4.08. The highest BCUT2D eigenvalue weighted by Crippen LogP contribution is 2.16. The molecule has 0 aromatic rings.